The molecule has 0 atom stereocenters. The number of carbonyl (C=O) groups is 1. The number of likely N-dealkylation sites (tertiary alicyclic amines) is 1. The van der Waals surface area contributed by atoms with Gasteiger partial charge in [0, 0.05) is 24.7 Å². The van der Waals surface area contributed by atoms with E-state index in [2.05, 4.69) is 4.98 Å². The first-order chi connectivity index (χ1) is 10.1. The largest absolute Gasteiger partial charge is 0.454 e. The SMILES string of the molecule is O=C(c1cnc2ccccc2c1)N1CCC(B(O)O)CC1. The van der Waals surface area contributed by atoms with E-state index in [9.17, 15) is 14.8 Å². The summed E-state index contributed by atoms with van der Waals surface area (Å²) < 4.78 is 0. The molecule has 5 nitrogen and oxygen atoms in total. The minimum absolute atomic E-state index is 0.0425. The third kappa shape index (κ3) is 2.91. The van der Waals surface area contributed by atoms with E-state index in [0.29, 0.717) is 31.5 Å². The molecule has 2 heterocycles. The van der Waals surface area contributed by atoms with Crippen LogP contribution in [0.3, 0.4) is 0 Å². The Morgan fingerprint density at radius 2 is 1.95 bits per heavy atom. The van der Waals surface area contributed by atoms with Crippen molar-refractivity contribution in [2.75, 3.05) is 13.1 Å². The molecule has 0 spiro atoms. The summed E-state index contributed by atoms with van der Waals surface area (Å²) in [6.07, 6.45) is 2.84. The van der Waals surface area contributed by atoms with Gasteiger partial charge in [0.15, 0.2) is 0 Å². The molecule has 3 rings (SSSR count). The van der Waals surface area contributed by atoms with Crippen molar-refractivity contribution < 1.29 is 14.8 Å². The van der Waals surface area contributed by atoms with Crippen LogP contribution < -0.4 is 0 Å². The third-order valence-corrected chi connectivity index (χ3v) is 4.09. The van der Waals surface area contributed by atoms with Crippen LogP contribution in [0, 0.1) is 0 Å². The zero-order chi connectivity index (χ0) is 14.8. The number of pyridine rings is 1. The molecule has 2 aromatic rings. The molecule has 108 valence electrons. The van der Waals surface area contributed by atoms with Crippen LogP contribution in [0.5, 0.6) is 0 Å². The fourth-order valence-electron chi connectivity index (χ4n) is 2.77. The lowest BCUT2D eigenvalue weighted by Crippen LogP contribution is -2.40. The van der Waals surface area contributed by atoms with Gasteiger partial charge >= 0.3 is 7.12 Å². The average Bonchev–Trinajstić information content (AvgIpc) is 2.54. The van der Waals surface area contributed by atoms with E-state index < -0.39 is 7.12 Å². The summed E-state index contributed by atoms with van der Waals surface area (Å²) in [5.74, 6) is -0.178. The first kappa shape index (κ1) is 14.0. The fraction of sp³-hybridized carbons (Fsp3) is 0.333. The molecule has 0 unspecified atom stereocenters. The molecular formula is C15H17BN2O3. The Labute approximate surface area is 123 Å². The number of fused-ring (bicyclic) bond motifs is 1. The maximum absolute atomic E-state index is 12.5. The van der Waals surface area contributed by atoms with Gasteiger partial charge in [-0.05, 0) is 30.8 Å². The molecule has 1 amide bonds. The highest BCUT2D eigenvalue weighted by molar-refractivity contribution is 6.43. The van der Waals surface area contributed by atoms with Crippen molar-refractivity contribution in [2.24, 2.45) is 0 Å². The van der Waals surface area contributed by atoms with Crippen molar-refractivity contribution in [3.05, 3.63) is 42.1 Å². The van der Waals surface area contributed by atoms with Crippen LogP contribution in [-0.2, 0) is 0 Å². The Bertz CT molecular complexity index is 654. The molecular weight excluding hydrogens is 267 g/mol. The number of carbonyl (C=O) groups excluding carboxylic acids is 1. The summed E-state index contributed by atoms with van der Waals surface area (Å²) in [5, 5.41) is 19.3. The second-order valence-corrected chi connectivity index (χ2v) is 5.46. The summed E-state index contributed by atoms with van der Waals surface area (Å²) in [4.78, 5) is 18.5. The van der Waals surface area contributed by atoms with Crippen LogP contribution in [0.2, 0.25) is 5.82 Å². The van der Waals surface area contributed by atoms with E-state index in [-0.39, 0.29) is 11.7 Å². The molecule has 1 saturated heterocycles. The first-order valence-corrected chi connectivity index (χ1v) is 7.15. The van der Waals surface area contributed by atoms with Crippen molar-refractivity contribution in [3.63, 3.8) is 0 Å². The maximum atomic E-state index is 12.5. The van der Waals surface area contributed by atoms with Gasteiger partial charge in [-0.15, -0.1) is 0 Å². The Morgan fingerprint density at radius 1 is 1.24 bits per heavy atom. The highest BCUT2D eigenvalue weighted by Crippen LogP contribution is 2.25. The van der Waals surface area contributed by atoms with Crippen molar-refractivity contribution in [1.29, 1.82) is 0 Å². The van der Waals surface area contributed by atoms with Crippen molar-refractivity contribution in [2.45, 2.75) is 18.7 Å². The van der Waals surface area contributed by atoms with Crippen LogP contribution in [-0.4, -0.2) is 46.0 Å². The molecule has 1 aromatic carbocycles. The fourth-order valence-corrected chi connectivity index (χ4v) is 2.77. The number of amides is 1. The number of piperidine rings is 1. The summed E-state index contributed by atoms with van der Waals surface area (Å²) in [6.45, 7) is 1.10. The van der Waals surface area contributed by atoms with Gasteiger partial charge in [0.1, 0.15) is 0 Å². The molecule has 21 heavy (non-hydrogen) atoms. The van der Waals surface area contributed by atoms with Crippen LogP contribution in [0.15, 0.2) is 36.5 Å². The Balaban J connectivity index is 1.75. The summed E-state index contributed by atoms with van der Waals surface area (Å²) in [6, 6.07) is 9.55. The van der Waals surface area contributed by atoms with Gasteiger partial charge in [-0.25, -0.2) is 0 Å². The molecule has 0 saturated carbocycles. The predicted molar refractivity (Wildman–Crippen MR) is 80.8 cm³/mol. The van der Waals surface area contributed by atoms with Gasteiger partial charge in [0.25, 0.3) is 5.91 Å². The number of aromatic nitrogens is 1. The number of benzene rings is 1. The van der Waals surface area contributed by atoms with Gasteiger partial charge in [-0.3, -0.25) is 9.78 Å². The summed E-state index contributed by atoms with van der Waals surface area (Å²) >= 11 is 0. The number of para-hydroxylation sites is 1. The summed E-state index contributed by atoms with van der Waals surface area (Å²) in [5.41, 5.74) is 1.45. The van der Waals surface area contributed by atoms with Gasteiger partial charge in [0.2, 0.25) is 0 Å². The highest BCUT2D eigenvalue weighted by Gasteiger charge is 2.30. The number of hydrogen-bond acceptors (Lipinski definition) is 4. The van der Waals surface area contributed by atoms with E-state index in [4.69, 9.17) is 0 Å². The van der Waals surface area contributed by atoms with Crippen molar-refractivity contribution >= 4 is 23.9 Å². The van der Waals surface area contributed by atoms with Crippen LogP contribution >= 0.6 is 0 Å². The topological polar surface area (TPSA) is 73.7 Å². The zero-order valence-corrected chi connectivity index (χ0v) is 11.6. The minimum atomic E-state index is -1.29. The van der Waals surface area contributed by atoms with Crippen LogP contribution in [0.25, 0.3) is 10.9 Å². The molecule has 1 fully saturated rings. The van der Waals surface area contributed by atoms with Crippen LogP contribution in [0.1, 0.15) is 23.2 Å². The lowest BCUT2D eigenvalue weighted by atomic mass is 9.67. The summed E-state index contributed by atoms with van der Waals surface area (Å²) in [7, 11) is -1.29. The Kier molecular flexibility index (Phi) is 3.90. The first-order valence-electron chi connectivity index (χ1n) is 7.15. The standard InChI is InChI=1S/C15H17BN2O3/c19-15(18-7-5-13(6-8-18)16(20)21)12-9-11-3-1-2-4-14(11)17-10-12/h1-4,9-10,13,20-21H,5-8H2. The normalized spacial score (nSPS) is 16.2. The Hall–Kier alpha value is -1.92. The van der Waals surface area contributed by atoms with E-state index in [0.717, 1.165) is 10.9 Å². The molecule has 1 aliphatic heterocycles. The molecule has 0 radical (unpaired) electrons. The van der Waals surface area contributed by atoms with E-state index >= 15 is 0 Å². The Morgan fingerprint density at radius 3 is 2.67 bits per heavy atom. The molecule has 0 aliphatic carbocycles. The monoisotopic (exact) mass is 284 g/mol. The van der Waals surface area contributed by atoms with Crippen molar-refractivity contribution in [3.8, 4) is 0 Å². The second kappa shape index (κ2) is 5.83. The van der Waals surface area contributed by atoms with Gasteiger partial charge < -0.3 is 14.9 Å². The molecule has 1 aromatic heterocycles. The van der Waals surface area contributed by atoms with Gasteiger partial charge in [-0.1, -0.05) is 18.2 Å². The van der Waals surface area contributed by atoms with E-state index in [1.807, 2.05) is 30.3 Å². The minimum Gasteiger partial charge on any atom is -0.427 e. The third-order valence-electron chi connectivity index (χ3n) is 4.09. The second-order valence-electron chi connectivity index (χ2n) is 5.46. The lowest BCUT2D eigenvalue weighted by Gasteiger charge is -2.31. The highest BCUT2D eigenvalue weighted by atomic mass is 16.4. The van der Waals surface area contributed by atoms with E-state index in [1.54, 1.807) is 11.1 Å². The van der Waals surface area contributed by atoms with Gasteiger partial charge in [-0.2, -0.15) is 0 Å². The molecule has 0 bridgehead atoms. The quantitative estimate of drug-likeness (QED) is 0.816. The number of rotatable bonds is 2. The zero-order valence-electron chi connectivity index (χ0n) is 11.6. The maximum Gasteiger partial charge on any atom is 0.454 e. The molecule has 6 heteroatoms. The lowest BCUT2D eigenvalue weighted by molar-refractivity contribution is 0.0717. The predicted octanol–water partition coefficient (Wildman–Crippen LogP) is 1.31. The smallest absolute Gasteiger partial charge is 0.427 e. The molecule has 1 aliphatic rings. The van der Waals surface area contributed by atoms with E-state index in [1.165, 1.54) is 0 Å². The number of nitrogens with zero attached hydrogens (tertiary/aromatic N) is 2. The van der Waals surface area contributed by atoms with Crippen molar-refractivity contribution in [1.82, 2.24) is 9.88 Å². The average molecular weight is 284 g/mol. The number of hydrogen-bond donors (Lipinski definition) is 2. The van der Waals surface area contributed by atoms with Gasteiger partial charge in [0.05, 0.1) is 11.1 Å². The van der Waals surface area contributed by atoms with Crippen LogP contribution in [0.4, 0.5) is 0 Å². The molecule has 2 N–H and O–H groups in total.